The van der Waals surface area contributed by atoms with Crippen molar-refractivity contribution in [2.45, 2.75) is 45.3 Å². The van der Waals surface area contributed by atoms with Crippen LogP contribution < -0.4 is 11.1 Å². The molecule has 2 rings (SSSR count). The fourth-order valence-electron chi connectivity index (χ4n) is 2.60. The van der Waals surface area contributed by atoms with Crippen LogP contribution in [0.1, 0.15) is 48.9 Å². The van der Waals surface area contributed by atoms with Crippen LogP contribution in [0.5, 0.6) is 0 Å². The lowest BCUT2D eigenvalue weighted by Gasteiger charge is -2.27. The Hall–Kier alpha value is -0.900. The van der Waals surface area contributed by atoms with E-state index in [1.807, 2.05) is 0 Å². The summed E-state index contributed by atoms with van der Waals surface area (Å²) in [4.78, 5) is 0. The molecule has 0 saturated carbocycles. The maximum atomic E-state index is 6.39. The van der Waals surface area contributed by atoms with Crippen molar-refractivity contribution in [3.8, 4) is 0 Å². The van der Waals surface area contributed by atoms with Crippen molar-refractivity contribution in [2.75, 3.05) is 19.7 Å². The zero-order valence-corrected chi connectivity index (χ0v) is 12.3. The van der Waals surface area contributed by atoms with E-state index in [1.54, 1.807) is 0 Å². The third kappa shape index (κ3) is 3.78. The molecular weight excluding hydrogens is 236 g/mol. The lowest BCUT2D eigenvalue weighted by atomic mass is 9.92. The predicted molar refractivity (Wildman–Crippen MR) is 79.4 cm³/mol. The highest BCUT2D eigenvalue weighted by atomic mass is 16.5. The molecule has 3 N–H and O–H groups in total. The highest BCUT2D eigenvalue weighted by Gasteiger charge is 2.19. The maximum Gasteiger partial charge on any atom is 0.0718 e. The van der Waals surface area contributed by atoms with E-state index in [2.05, 4.69) is 44.3 Å². The largest absolute Gasteiger partial charge is 0.376 e. The van der Waals surface area contributed by atoms with Gasteiger partial charge in [-0.05, 0) is 36.0 Å². The highest BCUT2D eigenvalue weighted by molar-refractivity contribution is 5.34. The van der Waals surface area contributed by atoms with E-state index >= 15 is 0 Å². The number of hydrogen-bond acceptors (Lipinski definition) is 3. The number of benzene rings is 1. The molecule has 0 spiro atoms. The lowest BCUT2D eigenvalue weighted by molar-refractivity contribution is 0.0195. The van der Waals surface area contributed by atoms with E-state index in [1.165, 1.54) is 16.7 Å². The number of hydrogen-bond donors (Lipinski definition) is 2. The zero-order valence-electron chi connectivity index (χ0n) is 12.3. The molecule has 0 bridgehead atoms. The summed E-state index contributed by atoms with van der Waals surface area (Å²) in [5.74, 6) is 0.541. The van der Waals surface area contributed by atoms with Crippen LogP contribution in [0.3, 0.4) is 0 Å². The van der Waals surface area contributed by atoms with Crippen molar-refractivity contribution >= 4 is 0 Å². The van der Waals surface area contributed by atoms with Crippen LogP contribution in [-0.2, 0) is 4.74 Å². The molecule has 0 aliphatic carbocycles. The second kappa shape index (κ2) is 6.51. The Kier molecular flexibility index (Phi) is 4.97. The molecule has 0 amide bonds. The van der Waals surface area contributed by atoms with E-state index < -0.39 is 0 Å². The van der Waals surface area contributed by atoms with Gasteiger partial charge in [0.1, 0.15) is 0 Å². The molecule has 1 heterocycles. The molecule has 1 aromatic rings. The standard InChI is InChI=1S/C16H26N2O/c1-11(2)13-5-4-12(3)15(8-13)16(17)9-14-10-18-6-7-19-14/h4-5,8,11,14,16,18H,6-7,9-10,17H2,1-3H3. The number of rotatable bonds is 4. The number of nitrogens with two attached hydrogens (primary N) is 1. The molecule has 2 atom stereocenters. The first-order valence-electron chi connectivity index (χ1n) is 7.26. The van der Waals surface area contributed by atoms with Crippen molar-refractivity contribution in [3.63, 3.8) is 0 Å². The van der Waals surface area contributed by atoms with Gasteiger partial charge in [-0.2, -0.15) is 0 Å². The van der Waals surface area contributed by atoms with Crippen molar-refractivity contribution in [3.05, 3.63) is 34.9 Å². The highest BCUT2D eigenvalue weighted by Crippen LogP contribution is 2.25. The van der Waals surface area contributed by atoms with Crippen molar-refractivity contribution in [2.24, 2.45) is 5.73 Å². The van der Waals surface area contributed by atoms with Gasteiger partial charge in [0.25, 0.3) is 0 Å². The maximum absolute atomic E-state index is 6.39. The topological polar surface area (TPSA) is 47.3 Å². The quantitative estimate of drug-likeness (QED) is 0.876. The number of aryl methyl sites for hydroxylation is 1. The van der Waals surface area contributed by atoms with Gasteiger partial charge in [-0.1, -0.05) is 32.0 Å². The Balaban J connectivity index is 2.08. The first kappa shape index (κ1) is 14.5. The monoisotopic (exact) mass is 262 g/mol. The third-order valence-corrected chi connectivity index (χ3v) is 3.89. The van der Waals surface area contributed by atoms with Crippen LogP contribution in [0.15, 0.2) is 18.2 Å². The number of ether oxygens (including phenoxy) is 1. The Morgan fingerprint density at radius 3 is 2.84 bits per heavy atom. The molecule has 1 saturated heterocycles. The summed E-state index contributed by atoms with van der Waals surface area (Å²) in [5.41, 5.74) is 10.3. The Morgan fingerprint density at radius 1 is 1.42 bits per heavy atom. The van der Waals surface area contributed by atoms with Gasteiger partial charge in [0.05, 0.1) is 12.7 Å². The molecule has 3 nitrogen and oxygen atoms in total. The summed E-state index contributed by atoms with van der Waals surface area (Å²) in [7, 11) is 0. The zero-order chi connectivity index (χ0) is 13.8. The van der Waals surface area contributed by atoms with E-state index in [4.69, 9.17) is 10.5 Å². The van der Waals surface area contributed by atoms with Gasteiger partial charge in [0.2, 0.25) is 0 Å². The van der Waals surface area contributed by atoms with E-state index in [0.29, 0.717) is 5.92 Å². The van der Waals surface area contributed by atoms with Crippen LogP contribution in [0.25, 0.3) is 0 Å². The smallest absolute Gasteiger partial charge is 0.0718 e. The summed E-state index contributed by atoms with van der Waals surface area (Å²) < 4.78 is 5.75. The van der Waals surface area contributed by atoms with Gasteiger partial charge in [-0.15, -0.1) is 0 Å². The van der Waals surface area contributed by atoms with Crippen LogP contribution in [-0.4, -0.2) is 25.8 Å². The van der Waals surface area contributed by atoms with Gasteiger partial charge < -0.3 is 15.8 Å². The summed E-state index contributed by atoms with van der Waals surface area (Å²) in [5, 5.41) is 3.36. The Labute approximate surface area is 116 Å². The molecular formula is C16H26N2O. The summed E-state index contributed by atoms with van der Waals surface area (Å²) in [6.07, 6.45) is 1.13. The minimum Gasteiger partial charge on any atom is -0.376 e. The van der Waals surface area contributed by atoms with Crippen LogP contribution in [0, 0.1) is 6.92 Å². The number of nitrogens with one attached hydrogen (secondary N) is 1. The Bertz CT molecular complexity index is 411. The van der Waals surface area contributed by atoms with Crippen molar-refractivity contribution in [1.29, 1.82) is 0 Å². The predicted octanol–water partition coefficient (Wildman–Crippen LogP) is 2.50. The molecule has 1 aliphatic rings. The number of morpholine rings is 1. The minimum atomic E-state index is 0.0589. The fraction of sp³-hybridized carbons (Fsp3) is 0.625. The third-order valence-electron chi connectivity index (χ3n) is 3.89. The fourth-order valence-corrected chi connectivity index (χ4v) is 2.60. The summed E-state index contributed by atoms with van der Waals surface area (Å²) in [6.45, 7) is 9.23. The molecule has 19 heavy (non-hydrogen) atoms. The molecule has 2 unspecified atom stereocenters. The van der Waals surface area contributed by atoms with Gasteiger partial charge in [-0.25, -0.2) is 0 Å². The van der Waals surface area contributed by atoms with Crippen LogP contribution >= 0.6 is 0 Å². The lowest BCUT2D eigenvalue weighted by Crippen LogP contribution is -2.40. The minimum absolute atomic E-state index is 0.0589. The van der Waals surface area contributed by atoms with Crippen molar-refractivity contribution < 1.29 is 4.74 Å². The van der Waals surface area contributed by atoms with Gasteiger partial charge in [0, 0.05) is 19.1 Å². The Morgan fingerprint density at radius 2 is 2.21 bits per heavy atom. The average Bonchev–Trinajstić information content (AvgIpc) is 2.40. The first-order chi connectivity index (χ1) is 9.08. The second-order valence-corrected chi connectivity index (χ2v) is 5.81. The summed E-state index contributed by atoms with van der Waals surface area (Å²) in [6, 6.07) is 6.71. The van der Waals surface area contributed by atoms with Gasteiger partial charge in [-0.3, -0.25) is 0 Å². The molecule has 3 heteroatoms. The molecule has 1 aliphatic heterocycles. The first-order valence-corrected chi connectivity index (χ1v) is 7.26. The van der Waals surface area contributed by atoms with Gasteiger partial charge >= 0.3 is 0 Å². The van der Waals surface area contributed by atoms with Gasteiger partial charge in [0.15, 0.2) is 0 Å². The molecule has 0 radical (unpaired) electrons. The molecule has 0 aromatic heterocycles. The second-order valence-electron chi connectivity index (χ2n) is 5.81. The summed E-state index contributed by atoms with van der Waals surface area (Å²) >= 11 is 0. The molecule has 1 aromatic carbocycles. The average molecular weight is 262 g/mol. The van der Waals surface area contributed by atoms with Crippen LogP contribution in [0.4, 0.5) is 0 Å². The normalized spacial score (nSPS) is 21.6. The molecule has 106 valence electrons. The SMILES string of the molecule is Cc1ccc(C(C)C)cc1C(N)CC1CNCCO1. The van der Waals surface area contributed by atoms with E-state index in [9.17, 15) is 0 Å². The van der Waals surface area contributed by atoms with Crippen molar-refractivity contribution in [1.82, 2.24) is 5.32 Å². The molecule has 1 fully saturated rings. The van der Waals surface area contributed by atoms with E-state index in [-0.39, 0.29) is 12.1 Å². The van der Waals surface area contributed by atoms with E-state index in [0.717, 1.165) is 26.1 Å². The van der Waals surface area contributed by atoms with Crippen LogP contribution in [0.2, 0.25) is 0 Å².